The van der Waals surface area contributed by atoms with E-state index in [1.54, 1.807) is 6.92 Å². The van der Waals surface area contributed by atoms with Crippen LogP contribution in [-0.2, 0) is 4.79 Å². The van der Waals surface area contributed by atoms with Crippen molar-refractivity contribution in [3.63, 3.8) is 0 Å². The smallest absolute Gasteiger partial charge is 0.307 e. The fourth-order valence-electron chi connectivity index (χ4n) is 2.39. The number of rotatable bonds is 9. The van der Waals surface area contributed by atoms with Crippen molar-refractivity contribution < 1.29 is 9.90 Å². The summed E-state index contributed by atoms with van der Waals surface area (Å²) in [6.07, 6.45) is 2.62. The SMILES string of the molecule is CC(CN(CCN(C)C)CCN1CCCC1)C(=O)O. The van der Waals surface area contributed by atoms with Crippen LogP contribution in [0.25, 0.3) is 0 Å². The number of aliphatic carboxylic acids is 1. The third kappa shape index (κ3) is 6.89. The van der Waals surface area contributed by atoms with Gasteiger partial charge in [-0.2, -0.15) is 0 Å². The lowest BCUT2D eigenvalue weighted by Crippen LogP contribution is -2.41. The lowest BCUT2D eigenvalue weighted by molar-refractivity contribution is -0.141. The Labute approximate surface area is 117 Å². The summed E-state index contributed by atoms with van der Waals surface area (Å²) in [6, 6.07) is 0. The Morgan fingerprint density at radius 2 is 1.84 bits per heavy atom. The molecule has 0 spiro atoms. The van der Waals surface area contributed by atoms with E-state index in [0.29, 0.717) is 6.54 Å². The number of hydrogen-bond acceptors (Lipinski definition) is 4. The van der Waals surface area contributed by atoms with Gasteiger partial charge < -0.3 is 14.9 Å². The number of carbonyl (C=O) groups is 1. The quantitative estimate of drug-likeness (QED) is 0.668. The minimum absolute atomic E-state index is 0.291. The van der Waals surface area contributed by atoms with E-state index in [1.165, 1.54) is 25.9 Å². The summed E-state index contributed by atoms with van der Waals surface area (Å²) >= 11 is 0. The van der Waals surface area contributed by atoms with Gasteiger partial charge in [-0.05, 0) is 40.0 Å². The molecule has 0 radical (unpaired) electrons. The van der Waals surface area contributed by atoms with E-state index in [-0.39, 0.29) is 5.92 Å². The second-order valence-electron chi connectivity index (χ2n) is 5.89. The zero-order chi connectivity index (χ0) is 14.3. The monoisotopic (exact) mass is 271 g/mol. The topological polar surface area (TPSA) is 47.0 Å². The van der Waals surface area contributed by atoms with E-state index in [1.807, 2.05) is 0 Å². The molecule has 1 rings (SSSR count). The first-order valence-corrected chi connectivity index (χ1v) is 7.31. The normalized spacial score (nSPS) is 18.4. The van der Waals surface area contributed by atoms with Crippen LogP contribution in [0.3, 0.4) is 0 Å². The van der Waals surface area contributed by atoms with Crippen LogP contribution in [0.5, 0.6) is 0 Å². The maximum Gasteiger partial charge on any atom is 0.307 e. The van der Waals surface area contributed by atoms with Crippen LogP contribution >= 0.6 is 0 Å². The number of likely N-dealkylation sites (N-methyl/N-ethyl adjacent to an activating group) is 1. The second kappa shape index (κ2) is 8.51. The van der Waals surface area contributed by atoms with E-state index < -0.39 is 5.97 Å². The van der Waals surface area contributed by atoms with Crippen LogP contribution in [0.1, 0.15) is 19.8 Å². The molecule has 5 heteroatoms. The molecule has 0 saturated carbocycles. The van der Waals surface area contributed by atoms with E-state index in [2.05, 4.69) is 28.8 Å². The fourth-order valence-corrected chi connectivity index (χ4v) is 2.39. The molecular formula is C14H29N3O2. The van der Waals surface area contributed by atoms with Crippen LogP contribution in [0.15, 0.2) is 0 Å². The highest BCUT2D eigenvalue weighted by molar-refractivity contribution is 5.69. The molecule has 1 N–H and O–H groups in total. The molecule has 0 aromatic carbocycles. The Morgan fingerprint density at radius 3 is 2.37 bits per heavy atom. The number of hydrogen-bond donors (Lipinski definition) is 1. The van der Waals surface area contributed by atoms with Gasteiger partial charge in [0, 0.05) is 32.7 Å². The Balaban J connectivity index is 2.35. The van der Waals surface area contributed by atoms with Gasteiger partial charge in [0.1, 0.15) is 0 Å². The molecule has 112 valence electrons. The molecule has 0 amide bonds. The van der Waals surface area contributed by atoms with Crippen molar-refractivity contribution in [2.24, 2.45) is 5.92 Å². The van der Waals surface area contributed by atoms with Crippen molar-refractivity contribution in [3.8, 4) is 0 Å². The predicted octanol–water partition coefficient (Wildman–Crippen LogP) is 0.667. The van der Waals surface area contributed by atoms with Gasteiger partial charge in [-0.1, -0.05) is 6.92 Å². The van der Waals surface area contributed by atoms with Gasteiger partial charge in [0.2, 0.25) is 0 Å². The highest BCUT2D eigenvalue weighted by Crippen LogP contribution is 2.07. The summed E-state index contributed by atoms with van der Waals surface area (Å²) in [5, 5.41) is 9.04. The van der Waals surface area contributed by atoms with Gasteiger partial charge in [-0.3, -0.25) is 9.69 Å². The van der Waals surface area contributed by atoms with Gasteiger partial charge in [-0.15, -0.1) is 0 Å². The molecule has 0 aromatic heterocycles. The molecule has 1 aliphatic rings. The first kappa shape index (κ1) is 16.4. The van der Waals surface area contributed by atoms with E-state index in [4.69, 9.17) is 5.11 Å². The van der Waals surface area contributed by atoms with Crippen molar-refractivity contribution in [1.29, 1.82) is 0 Å². The van der Waals surface area contributed by atoms with Crippen LogP contribution in [0.2, 0.25) is 0 Å². The van der Waals surface area contributed by atoms with E-state index >= 15 is 0 Å². The number of carboxylic acids is 1. The highest BCUT2D eigenvalue weighted by Gasteiger charge is 2.18. The van der Waals surface area contributed by atoms with Gasteiger partial charge >= 0.3 is 5.97 Å². The first-order valence-electron chi connectivity index (χ1n) is 7.31. The number of nitrogens with zero attached hydrogens (tertiary/aromatic N) is 3. The molecule has 1 aliphatic heterocycles. The molecule has 1 heterocycles. The molecule has 1 saturated heterocycles. The van der Waals surface area contributed by atoms with E-state index in [0.717, 1.165) is 26.2 Å². The first-order chi connectivity index (χ1) is 8.99. The standard InChI is InChI=1S/C14H29N3O2/c1-13(14(18)19)12-17(9-8-15(2)3)11-10-16-6-4-5-7-16/h13H,4-12H2,1-3H3,(H,18,19). The Morgan fingerprint density at radius 1 is 1.21 bits per heavy atom. The molecular weight excluding hydrogens is 242 g/mol. The number of carboxylic acid groups (broad SMARTS) is 1. The minimum atomic E-state index is -0.698. The average Bonchev–Trinajstić information content (AvgIpc) is 2.85. The van der Waals surface area contributed by atoms with Crippen LogP contribution in [0.4, 0.5) is 0 Å². The van der Waals surface area contributed by atoms with Crippen LogP contribution in [-0.4, -0.2) is 85.7 Å². The zero-order valence-electron chi connectivity index (χ0n) is 12.6. The van der Waals surface area contributed by atoms with Gasteiger partial charge in [0.15, 0.2) is 0 Å². The maximum atomic E-state index is 11.0. The molecule has 19 heavy (non-hydrogen) atoms. The van der Waals surface area contributed by atoms with Crippen molar-refractivity contribution in [1.82, 2.24) is 14.7 Å². The molecule has 0 aliphatic carbocycles. The van der Waals surface area contributed by atoms with E-state index in [9.17, 15) is 4.79 Å². The average molecular weight is 271 g/mol. The Kier molecular flexibility index (Phi) is 7.34. The van der Waals surface area contributed by atoms with Gasteiger partial charge in [0.05, 0.1) is 5.92 Å². The fraction of sp³-hybridized carbons (Fsp3) is 0.929. The molecule has 5 nitrogen and oxygen atoms in total. The lowest BCUT2D eigenvalue weighted by Gasteiger charge is -2.27. The zero-order valence-corrected chi connectivity index (χ0v) is 12.6. The van der Waals surface area contributed by atoms with Crippen molar-refractivity contribution in [2.45, 2.75) is 19.8 Å². The summed E-state index contributed by atoms with van der Waals surface area (Å²) in [6.45, 7) is 8.82. The Bertz CT molecular complexity index is 265. The highest BCUT2D eigenvalue weighted by atomic mass is 16.4. The van der Waals surface area contributed by atoms with Crippen molar-refractivity contribution >= 4 is 5.97 Å². The second-order valence-corrected chi connectivity index (χ2v) is 5.89. The van der Waals surface area contributed by atoms with Crippen molar-refractivity contribution in [2.75, 3.05) is 59.9 Å². The molecule has 0 aromatic rings. The molecule has 1 atom stereocenters. The number of likely N-dealkylation sites (tertiary alicyclic amines) is 1. The molecule has 1 unspecified atom stereocenters. The molecule has 0 bridgehead atoms. The summed E-state index contributed by atoms with van der Waals surface area (Å²) in [7, 11) is 4.11. The van der Waals surface area contributed by atoms with Gasteiger partial charge in [-0.25, -0.2) is 0 Å². The largest absolute Gasteiger partial charge is 0.481 e. The predicted molar refractivity (Wildman–Crippen MR) is 77.5 cm³/mol. The van der Waals surface area contributed by atoms with Crippen LogP contribution in [0, 0.1) is 5.92 Å². The minimum Gasteiger partial charge on any atom is -0.481 e. The maximum absolute atomic E-state index is 11.0. The lowest BCUT2D eigenvalue weighted by atomic mass is 10.1. The summed E-state index contributed by atoms with van der Waals surface area (Å²) < 4.78 is 0. The third-order valence-electron chi connectivity index (χ3n) is 3.75. The Hall–Kier alpha value is -0.650. The van der Waals surface area contributed by atoms with Crippen LogP contribution < -0.4 is 0 Å². The summed E-state index contributed by atoms with van der Waals surface area (Å²) in [5.41, 5.74) is 0. The van der Waals surface area contributed by atoms with Gasteiger partial charge in [0.25, 0.3) is 0 Å². The third-order valence-corrected chi connectivity index (χ3v) is 3.75. The summed E-state index contributed by atoms with van der Waals surface area (Å²) in [4.78, 5) is 17.9. The summed E-state index contributed by atoms with van der Waals surface area (Å²) in [5.74, 6) is -0.989. The molecule has 1 fully saturated rings. The van der Waals surface area contributed by atoms with Crippen molar-refractivity contribution in [3.05, 3.63) is 0 Å².